The van der Waals surface area contributed by atoms with E-state index >= 15 is 8.78 Å². The minimum Gasteiger partial charge on any atom is -0.480 e. The lowest BCUT2D eigenvalue weighted by atomic mass is 9.81. The van der Waals surface area contributed by atoms with E-state index in [1.807, 2.05) is 20.8 Å². The molecule has 14 heteroatoms. The molecular weight excluding hydrogens is 666 g/mol. The maximum Gasteiger partial charge on any atom is 0.322 e. The fourth-order valence-electron chi connectivity index (χ4n) is 4.95. The maximum absolute atomic E-state index is 15.4. The number of hydrogen-bond donors (Lipinski definition) is 1. The Kier molecular flexibility index (Phi) is 10.9. The highest BCUT2D eigenvalue weighted by atomic mass is 35.5. The number of aromatic nitrogens is 2. The van der Waals surface area contributed by atoms with Crippen molar-refractivity contribution < 1.29 is 35.9 Å². The number of aliphatic carboxylic acids is 1. The molecular formula is C32H32ClF4N3O4S2. The third kappa shape index (κ3) is 7.27. The average Bonchev–Trinajstić information content (AvgIpc) is 3.43. The van der Waals surface area contributed by atoms with Gasteiger partial charge in [-0.2, -0.15) is 4.31 Å². The standard InChI is InChI=1S/C32H32ClF4N3O4S2/c1-5-6-7-28(30(41)42)39(4)46(43,44)22-15-26(36)23(27(37)16-22)18-45-31-38-17-29(40(31)21-11-9-20(34)10-12-21)32(2,3)19-8-13-25(35)24(33)14-19/h8-17,28H,5-7,18H2,1-4H3,(H,41,42)/t28-/m0/s1. The van der Waals surface area contributed by atoms with Gasteiger partial charge in [0.1, 0.15) is 29.3 Å². The molecule has 0 unspecified atom stereocenters. The van der Waals surface area contributed by atoms with Crippen LogP contribution in [0.3, 0.4) is 0 Å². The van der Waals surface area contributed by atoms with Crippen molar-refractivity contribution in [3.8, 4) is 5.69 Å². The average molecular weight is 698 g/mol. The van der Waals surface area contributed by atoms with Crippen molar-refractivity contribution in [2.75, 3.05) is 7.05 Å². The molecule has 0 spiro atoms. The molecule has 246 valence electrons. The van der Waals surface area contributed by atoms with Gasteiger partial charge in [0.05, 0.1) is 21.8 Å². The first-order chi connectivity index (χ1) is 21.6. The van der Waals surface area contributed by atoms with E-state index in [0.717, 1.165) is 18.8 Å². The number of likely N-dealkylation sites (N-methyl/N-ethyl adjacent to an activating group) is 1. The number of benzene rings is 3. The Hall–Kier alpha value is -3.39. The SMILES string of the molecule is CCCC[C@@H](C(=O)O)N(C)S(=O)(=O)c1cc(F)c(CSc2ncc(C(C)(C)c3ccc(F)c(Cl)c3)n2-c2ccc(F)cc2)c(F)c1. The molecule has 0 fully saturated rings. The van der Waals surface area contributed by atoms with Crippen LogP contribution >= 0.6 is 23.4 Å². The van der Waals surface area contributed by atoms with Gasteiger partial charge in [-0.1, -0.05) is 63.0 Å². The number of halogens is 5. The van der Waals surface area contributed by atoms with Crippen LogP contribution in [0.2, 0.25) is 5.02 Å². The maximum atomic E-state index is 15.4. The zero-order chi connectivity index (χ0) is 34.0. The van der Waals surface area contributed by atoms with Crippen molar-refractivity contribution in [2.24, 2.45) is 0 Å². The van der Waals surface area contributed by atoms with Crippen molar-refractivity contribution in [1.82, 2.24) is 13.9 Å². The van der Waals surface area contributed by atoms with Gasteiger partial charge < -0.3 is 5.11 Å². The van der Waals surface area contributed by atoms with Gasteiger partial charge in [-0.25, -0.2) is 31.0 Å². The molecule has 0 aliphatic carbocycles. The number of carbonyl (C=O) groups is 1. The molecule has 0 radical (unpaired) electrons. The number of carboxylic acids is 1. The Labute approximate surface area is 274 Å². The predicted octanol–water partition coefficient (Wildman–Crippen LogP) is 7.96. The van der Waals surface area contributed by atoms with Gasteiger partial charge in [0.25, 0.3) is 0 Å². The van der Waals surface area contributed by atoms with Crippen LogP contribution in [0.1, 0.15) is 56.9 Å². The van der Waals surface area contributed by atoms with Gasteiger partial charge in [0.15, 0.2) is 5.16 Å². The zero-order valence-electron chi connectivity index (χ0n) is 25.4. The molecule has 0 amide bonds. The quantitative estimate of drug-likeness (QED) is 0.113. The number of hydrogen-bond acceptors (Lipinski definition) is 5. The van der Waals surface area contributed by atoms with Gasteiger partial charge in [-0.05, 0) is 60.5 Å². The largest absolute Gasteiger partial charge is 0.480 e. The first kappa shape index (κ1) is 35.5. The summed E-state index contributed by atoms with van der Waals surface area (Å²) in [5.74, 6) is -5.01. The molecule has 0 aliphatic rings. The minimum atomic E-state index is -4.55. The highest BCUT2D eigenvalue weighted by Crippen LogP contribution is 2.38. The lowest BCUT2D eigenvalue weighted by Crippen LogP contribution is -2.42. The summed E-state index contributed by atoms with van der Waals surface area (Å²) >= 11 is 7.02. The highest BCUT2D eigenvalue weighted by Gasteiger charge is 2.34. The van der Waals surface area contributed by atoms with E-state index in [1.165, 1.54) is 36.4 Å². The summed E-state index contributed by atoms with van der Waals surface area (Å²) in [7, 11) is -3.48. The zero-order valence-corrected chi connectivity index (χ0v) is 27.8. The summed E-state index contributed by atoms with van der Waals surface area (Å²) in [6, 6.07) is 9.79. The lowest BCUT2D eigenvalue weighted by molar-refractivity contribution is -0.141. The second-order valence-electron chi connectivity index (χ2n) is 11.2. The van der Waals surface area contributed by atoms with Crippen LogP contribution in [0.5, 0.6) is 0 Å². The molecule has 0 saturated carbocycles. The van der Waals surface area contributed by atoms with Gasteiger partial charge in [0, 0.05) is 29.5 Å². The van der Waals surface area contributed by atoms with Crippen molar-refractivity contribution in [3.63, 3.8) is 0 Å². The van der Waals surface area contributed by atoms with Gasteiger partial charge in [0.2, 0.25) is 10.0 Å². The molecule has 0 saturated heterocycles. The molecule has 0 aliphatic heterocycles. The second-order valence-corrected chi connectivity index (χ2v) is 14.5. The molecule has 0 bridgehead atoms. The summed E-state index contributed by atoms with van der Waals surface area (Å²) in [5.41, 5.74) is 0.496. The second kappa shape index (κ2) is 14.2. The summed E-state index contributed by atoms with van der Waals surface area (Å²) in [6.45, 7) is 5.54. The predicted molar refractivity (Wildman–Crippen MR) is 169 cm³/mol. The first-order valence-electron chi connectivity index (χ1n) is 14.2. The Balaban J connectivity index is 1.69. The molecule has 4 aromatic rings. The Bertz CT molecular complexity index is 1830. The van der Waals surface area contributed by atoms with E-state index in [-0.39, 0.29) is 17.2 Å². The smallest absolute Gasteiger partial charge is 0.322 e. The number of imidazole rings is 1. The summed E-state index contributed by atoms with van der Waals surface area (Å²) in [5, 5.41) is 9.78. The molecule has 7 nitrogen and oxygen atoms in total. The molecule has 46 heavy (non-hydrogen) atoms. The normalized spacial score (nSPS) is 12.9. The van der Waals surface area contributed by atoms with E-state index in [4.69, 9.17) is 11.6 Å². The summed E-state index contributed by atoms with van der Waals surface area (Å²) < 4.78 is 87.1. The van der Waals surface area contributed by atoms with Crippen LogP contribution in [0.15, 0.2) is 70.8 Å². The van der Waals surface area contributed by atoms with Crippen LogP contribution < -0.4 is 0 Å². The number of rotatable bonds is 13. The van der Waals surface area contributed by atoms with Crippen LogP contribution in [0.25, 0.3) is 5.69 Å². The molecule has 3 aromatic carbocycles. The van der Waals surface area contributed by atoms with E-state index in [2.05, 4.69) is 4.98 Å². The minimum absolute atomic E-state index is 0.0367. The molecule has 1 N–H and O–H groups in total. The number of unbranched alkanes of at least 4 members (excludes halogenated alkanes) is 1. The van der Waals surface area contributed by atoms with Gasteiger partial charge >= 0.3 is 5.97 Å². The number of sulfonamides is 1. The van der Waals surface area contributed by atoms with Gasteiger partial charge in [-0.3, -0.25) is 9.36 Å². The van der Waals surface area contributed by atoms with Crippen LogP contribution in [-0.4, -0.2) is 46.4 Å². The van der Waals surface area contributed by atoms with Crippen molar-refractivity contribution >= 4 is 39.4 Å². The number of carboxylic acid groups (broad SMARTS) is 1. The van der Waals surface area contributed by atoms with Crippen molar-refractivity contribution in [3.05, 3.63) is 106 Å². The molecule has 1 aromatic heterocycles. The number of nitrogens with zero attached hydrogens (tertiary/aromatic N) is 3. The Morgan fingerprint density at radius 3 is 2.24 bits per heavy atom. The van der Waals surface area contributed by atoms with Crippen LogP contribution in [-0.2, 0) is 26.0 Å². The lowest BCUT2D eigenvalue weighted by Gasteiger charge is -2.27. The monoisotopic (exact) mass is 697 g/mol. The summed E-state index contributed by atoms with van der Waals surface area (Å²) in [6.07, 6.45) is 2.67. The third-order valence-corrected chi connectivity index (χ3v) is 10.9. The van der Waals surface area contributed by atoms with Crippen molar-refractivity contribution in [1.29, 1.82) is 0 Å². The van der Waals surface area contributed by atoms with Crippen LogP contribution in [0.4, 0.5) is 17.6 Å². The number of thioether (sulfide) groups is 1. The van der Waals surface area contributed by atoms with E-state index < -0.39 is 61.2 Å². The van der Waals surface area contributed by atoms with Crippen LogP contribution in [0, 0.1) is 23.3 Å². The summed E-state index contributed by atoms with van der Waals surface area (Å²) in [4.78, 5) is 15.5. The molecule has 1 atom stereocenters. The van der Waals surface area contributed by atoms with E-state index in [1.54, 1.807) is 16.8 Å². The molecule has 1 heterocycles. The first-order valence-corrected chi connectivity index (χ1v) is 17.0. The van der Waals surface area contributed by atoms with Gasteiger partial charge in [-0.15, -0.1) is 0 Å². The van der Waals surface area contributed by atoms with E-state index in [0.29, 0.717) is 51.4 Å². The molecule has 4 rings (SSSR count). The highest BCUT2D eigenvalue weighted by molar-refractivity contribution is 7.98. The Morgan fingerprint density at radius 2 is 1.67 bits per heavy atom. The Morgan fingerprint density at radius 1 is 1.04 bits per heavy atom. The van der Waals surface area contributed by atoms with Crippen molar-refractivity contribution in [2.45, 2.75) is 67.3 Å². The third-order valence-electron chi connectivity index (χ3n) is 7.79. The van der Waals surface area contributed by atoms with E-state index in [9.17, 15) is 27.1 Å². The topological polar surface area (TPSA) is 92.5 Å². The fourth-order valence-corrected chi connectivity index (χ4v) is 7.50. The fraction of sp³-hybridized carbons (Fsp3) is 0.312.